The Balaban J connectivity index is 0.000000152. The molecule has 8 rings (SSSR count). The second-order valence-electron chi connectivity index (χ2n) is 11.4. The van der Waals surface area contributed by atoms with Crippen molar-refractivity contribution in [3.63, 3.8) is 0 Å². The maximum atomic E-state index is 3.52. The quantitative estimate of drug-likeness (QED) is 0.167. The van der Waals surface area contributed by atoms with Crippen LogP contribution in [0.2, 0.25) is 0 Å². The van der Waals surface area contributed by atoms with E-state index < -0.39 is 0 Å². The molecule has 8 aromatic rings. The number of anilines is 6. The van der Waals surface area contributed by atoms with Gasteiger partial charge in [0, 0.05) is 43.1 Å². The Morgan fingerprint density at radius 2 is 0.542 bits per heavy atom. The van der Waals surface area contributed by atoms with Gasteiger partial charge in [0.05, 0.1) is 0 Å². The van der Waals surface area contributed by atoms with E-state index in [1.165, 1.54) is 21.5 Å². The molecular weight excluding hydrogens is 716 g/mol. The molecule has 4 heteroatoms. The number of halogens is 2. The zero-order valence-corrected chi connectivity index (χ0v) is 29.3. The van der Waals surface area contributed by atoms with Crippen molar-refractivity contribution in [2.75, 3.05) is 9.80 Å². The smallest absolute Gasteiger partial charge is 0.0468 e. The average molecular weight is 749 g/mol. The number of para-hydroxylation sites is 2. The minimum Gasteiger partial charge on any atom is -0.310 e. The van der Waals surface area contributed by atoms with Crippen LogP contribution in [0, 0.1) is 0 Å². The molecule has 0 aliphatic carbocycles. The largest absolute Gasteiger partial charge is 0.310 e. The molecule has 0 spiro atoms. The van der Waals surface area contributed by atoms with Gasteiger partial charge in [-0.05, 0) is 119 Å². The Morgan fingerprint density at radius 3 is 0.917 bits per heavy atom. The summed E-state index contributed by atoms with van der Waals surface area (Å²) in [6, 6.07) is 67.9. The van der Waals surface area contributed by atoms with Crippen molar-refractivity contribution < 1.29 is 0 Å². The summed E-state index contributed by atoms with van der Waals surface area (Å²) in [6.07, 6.45) is 0. The monoisotopic (exact) mass is 746 g/mol. The molecule has 0 atom stereocenters. The van der Waals surface area contributed by atoms with E-state index in [2.05, 4.69) is 224 Å². The zero-order chi connectivity index (χ0) is 32.7. The number of nitrogens with zero attached hydrogens (tertiary/aromatic N) is 2. The first-order valence-corrected chi connectivity index (χ1v) is 17.4. The second-order valence-corrected chi connectivity index (χ2v) is 13.2. The fourth-order valence-corrected chi connectivity index (χ4v) is 6.39. The standard InChI is InChI=1S/2C22H16BrN/c2*23-19-11-14-21(15-12-19)24(20-8-2-1-3-9-20)22-13-10-17-6-4-5-7-18(17)16-22/h2*1-16H. The highest BCUT2D eigenvalue weighted by atomic mass is 79.9. The zero-order valence-electron chi connectivity index (χ0n) is 26.1. The van der Waals surface area contributed by atoms with Crippen molar-refractivity contribution >= 4 is 87.5 Å². The first-order valence-electron chi connectivity index (χ1n) is 15.8. The van der Waals surface area contributed by atoms with E-state index in [1.807, 2.05) is 12.1 Å². The van der Waals surface area contributed by atoms with Gasteiger partial charge in [0.25, 0.3) is 0 Å². The molecule has 8 aromatic carbocycles. The molecule has 48 heavy (non-hydrogen) atoms. The van der Waals surface area contributed by atoms with Gasteiger partial charge in [-0.3, -0.25) is 0 Å². The molecule has 0 heterocycles. The molecule has 0 N–H and O–H groups in total. The average Bonchev–Trinajstić information content (AvgIpc) is 3.14. The first-order chi connectivity index (χ1) is 23.6. The number of hydrogen-bond acceptors (Lipinski definition) is 2. The summed E-state index contributed by atoms with van der Waals surface area (Å²) in [6.45, 7) is 0. The lowest BCUT2D eigenvalue weighted by molar-refractivity contribution is 1.29. The normalized spacial score (nSPS) is 10.7. The summed E-state index contributed by atoms with van der Waals surface area (Å²) in [5.74, 6) is 0. The lowest BCUT2D eigenvalue weighted by atomic mass is 10.1. The van der Waals surface area contributed by atoms with Crippen molar-refractivity contribution in [2.24, 2.45) is 0 Å². The highest BCUT2D eigenvalue weighted by Crippen LogP contribution is 2.37. The first kappa shape index (κ1) is 31.4. The van der Waals surface area contributed by atoms with Crippen molar-refractivity contribution in [2.45, 2.75) is 0 Å². The third-order valence-corrected chi connectivity index (χ3v) is 9.24. The Labute approximate surface area is 298 Å². The number of fused-ring (bicyclic) bond motifs is 2. The molecule has 2 nitrogen and oxygen atoms in total. The van der Waals surface area contributed by atoms with Gasteiger partial charge in [-0.1, -0.05) is 129 Å². The Hall–Kier alpha value is -5.16. The number of hydrogen-bond donors (Lipinski definition) is 0. The van der Waals surface area contributed by atoms with Crippen LogP contribution in [0.3, 0.4) is 0 Å². The Bertz CT molecular complexity index is 2090. The summed E-state index contributed by atoms with van der Waals surface area (Å²) in [5, 5.41) is 5.00. The fraction of sp³-hybridized carbons (Fsp3) is 0. The van der Waals surface area contributed by atoms with E-state index in [0.717, 1.165) is 43.1 Å². The highest BCUT2D eigenvalue weighted by molar-refractivity contribution is 9.10. The van der Waals surface area contributed by atoms with Crippen LogP contribution < -0.4 is 9.80 Å². The topological polar surface area (TPSA) is 6.48 Å². The van der Waals surface area contributed by atoms with Crippen LogP contribution >= 0.6 is 31.9 Å². The molecular formula is C44H32Br2N2. The van der Waals surface area contributed by atoms with Gasteiger partial charge in [0.1, 0.15) is 0 Å². The Kier molecular flexibility index (Phi) is 9.65. The maximum absolute atomic E-state index is 3.52. The van der Waals surface area contributed by atoms with Gasteiger partial charge in [0.2, 0.25) is 0 Å². The van der Waals surface area contributed by atoms with Gasteiger partial charge in [-0.25, -0.2) is 0 Å². The van der Waals surface area contributed by atoms with Gasteiger partial charge in [-0.15, -0.1) is 0 Å². The van der Waals surface area contributed by atoms with Crippen LogP contribution in [0.1, 0.15) is 0 Å². The Morgan fingerprint density at radius 1 is 0.250 bits per heavy atom. The summed E-state index contributed by atoms with van der Waals surface area (Å²) in [4.78, 5) is 4.55. The molecule has 0 aromatic heterocycles. The maximum Gasteiger partial charge on any atom is 0.0468 e. The molecule has 0 amide bonds. The third kappa shape index (κ3) is 7.21. The molecule has 0 aliphatic rings. The minimum absolute atomic E-state index is 1.08. The van der Waals surface area contributed by atoms with Crippen LogP contribution in [-0.4, -0.2) is 0 Å². The summed E-state index contributed by atoms with van der Waals surface area (Å²) >= 11 is 7.04. The summed E-state index contributed by atoms with van der Waals surface area (Å²) < 4.78 is 2.16. The lowest BCUT2D eigenvalue weighted by Gasteiger charge is -2.25. The van der Waals surface area contributed by atoms with Crippen molar-refractivity contribution in [1.82, 2.24) is 0 Å². The third-order valence-electron chi connectivity index (χ3n) is 8.18. The predicted octanol–water partition coefficient (Wildman–Crippen LogP) is 14.1. The van der Waals surface area contributed by atoms with Gasteiger partial charge in [0.15, 0.2) is 0 Å². The van der Waals surface area contributed by atoms with Gasteiger partial charge < -0.3 is 9.80 Å². The van der Waals surface area contributed by atoms with E-state index in [0.29, 0.717) is 0 Å². The molecule has 0 bridgehead atoms. The van der Waals surface area contributed by atoms with Crippen LogP contribution in [-0.2, 0) is 0 Å². The second kappa shape index (κ2) is 14.7. The minimum atomic E-state index is 1.08. The molecule has 0 aliphatic heterocycles. The van der Waals surface area contributed by atoms with Crippen molar-refractivity contribution in [3.05, 3.63) is 203 Å². The van der Waals surface area contributed by atoms with E-state index >= 15 is 0 Å². The highest BCUT2D eigenvalue weighted by Gasteiger charge is 2.14. The van der Waals surface area contributed by atoms with Crippen molar-refractivity contribution in [1.29, 1.82) is 0 Å². The SMILES string of the molecule is Brc1ccc(N(c2ccccc2)c2ccc3ccccc3c2)cc1.Brc1ccc(N(c2ccccc2)c2ccc3ccccc3c2)cc1. The lowest BCUT2D eigenvalue weighted by Crippen LogP contribution is -2.09. The summed E-state index contributed by atoms with van der Waals surface area (Å²) in [7, 11) is 0. The fourth-order valence-electron chi connectivity index (χ4n) is 5.86. The molecule has 0 radical (unpaired) electrons. The van der Waals surface area contributed by atoms with Crippen LogP contribution in [0.15, 0.2) is 203 Å². The van der Waals surface area contributed by atoms with E-state index in [4.69, 9.17) is 0 Å². The molecule has 0 fully saturated rings. The number of rotatable bonds is 6. The molecule has 0 unspecified atom stereocenters. The molecule has 0 saturated carbocycles. The number of benzene rings is 8. The van der Waals surface area contributed by atoms with Crippen LogP contribution in [0.25, 0.3) is 21.5 Å². The van der Waals surface area contributed by atoms with E-state index in [-0.39, 0.29) is 0 Å². The van der Waals surface area contributed by atoms with Gasteiger partial charge >= 0.3 is 0 Å². The van der Waals surface area contributed by atoms with Gasteiger partial charge in [-0.2, -0.15) is 0 Å². The summed E-state index contributed by atoms with van der Waals surface area (Å²) in [5.41, 5.74) is 6.88. The molecule has 0 saturated heterocycles. The van der Waals surface area contributed by atoms with E-state index in [9.17, 15) is 0 Å². The van der Waals surface area contributed by atoms with Crippen LogP contribution in [0.4, 0.5) is 34.1 Å². The van der Waals surface area contributed by atoms with E-state index in [1.54, 1.807) is 0 Å². The van der Waals surface area contributed by atoms with Crippen molar-refractivity contribution in [3.8, 4) is 0 Å². The predicted molar refractivity (Wildman–Crippen MR) is 213 cm³/mol. The van der Waals surface area contributed by atoms with Crippen LogP contribution in [0.5, 0.6) is 0 Å². The molecule has 232 valence electrons.